The molecule has 1 aromatic heterocycles. The number of hydrogen-bond acceptors (Lipinski definition) is 2. The number of benzene rings is 1. The Morgan fingerprint density at radius 1 is 1.08 bits per heavy atom. The Kier molecular flexibility index (Phi) is 1.67. The minimum atomic E-state index is 0. The number of hydrogen-bond donors (Lipinski definition) is 1. The average molecular weight is 177 g/mol. The lowest BCUT2D eigenvalue weighted by atomic mass is 9.95. The van der Waals surface area contributed by atoms with E-state index in [0.717, 1.165) is 0 Å². The fourth-order valence-corrected chi connectivity index (χ4v) is 2.94. The molecule has 0 spiro atoms. The monoisotopic (exact) mass is 177 g/mol. The number of rotatable bonds is 0. The third kappa shape index (κ3) is 0.822. The summed E-state index contributed by atoms with van der Waals surface area (Å²) < 4.78 is 1.47. The van der Waals surface area contributed by atoms with Crippen LogP contribution in [0, 0.1) is 0 Å². The van der Waals surface area contributed by atoms with Crippen molar-refractivity contribution >= 4 is 21.4 Å². The summed E-state index contributed by atoms with van der Waals surface area (Å²) in [4.78, 5) is 1.62. The molecular formula is C10H11NS. The van der Waals surface area contributed by atoms with Gasteiger partial charge in [-0.15, -0.1) is 11.3 Å². The average Bonchev–Trinajstić information content (AvgIpc) is 2.23. The summed E-state index contributed by atoms with van der Waals surface area (Å²) in [5.74, 6) is 0. The van der Waals surface area contributed by atoms with Crippen molar-refractivity contribution in [2.75, 3.05) is 0 Å². The number of aryl methyl sites for hydroxylation is 2. The zero-order chi connectivity index (χ0) is 7.26. The Bertz CT molecular complexity index is 417. The minimum Gasteiger partial charge on any atom is -0.344 e. The van der Waals surface area contributed by atoms with Crippen LogP contribution in [-0.4, -0.2) is 0 Å². The molecule has 0 amide bonds. The first kappa shape index (κ1) is 7.77. The van der Waals surface area contributed by atoms with Crippen LogP contribution in [0.4, 0.5) is 0 Å². The van der Waals surface area contributed by atoms with E-state index in [0.29, 0.717) is 0 Å². The topological polar surface area (TPSA) is 35.0 Å². The fourth-order valence-electron chi connectivity index (χ4n) is 1.69. The Morgan fingerprint density at radius 2 is 1.92 bits per heavy atom. The first-order valence-electron chi connectivity index (χ1n) is 3.94. The van der Waals surface area contributed by atoms with E-state index in [4.69, 9.17) is 0 Å². The summed E-state index contributed by atoms with van der Waals surface area (Å²) in [5, 5.41) is 1.50. The molecule has 1 heterocycles. The van der Waals surface area contributed by atoms with Crippen molar-refractivity contribution in [1.82, 2.24) is 6.15 Å². The lowest BCUT2D eigenvalue weighted by Gasteiger charge is -2.11. The van der Waals surface area contributed by atoms with E-state index in [2.05, 4.69) is 24.3 Å². The normalized spacial score (nSPS) is 13.3. The summed E-state index contributed by atoms with van der Waals surface area (Å²) in [6, 6.07) is 8.72. The molecule has 0 saturated heterocycles. The smallest absolute Gasteiger partial charge is 0.0348 e. The summed E-state index contributed by atoms with van der Waals surface area (Å²) in [7, 11) is 0. The second kappa shape index (κ2) is 2.57. The predicted molar refractivity (Wildman–Crippen MR) is 54.3 cm³/mol. The van der Waals surface area contributed by atoms with Gasteiger partial charge in [0.25, 0.3) is 0 Å². The van der Waals surface area contributed by atoms with Gasteiger partial charge < -0.3 is 6.15 Å². The van der Waals surface area contributed by atoms with Crippen LogP contribution >= 0.6 is 11.3 Å². The highest BCUT2D eigenvalue weighted by Gasteiger charge is 2.18. The molecule has 2 aromatic rings. The molecule has 0 unspecified atom stereocenters. The Labute approximate surface area is 75.6 Å². The van der Waals surface area contributed by atoms with Crippen LogP contribution in [0.1, 0.15) is 10.4 Å². The zero-order valence-electron chi connectivity index (χ0n) is 6.84. The molecular weight excluding hydrogens is 166 g/mol. The van der Waals surface area contributed by atoms with Crippen LogP contribution in [0.15, 0.2) is 24.3 Å². The molecule has 1 aliphatic rings. The summed E-state index contributed by atoms with van der Waals surface area (Å²) in [6.45, 7) is 0. The van der Waals surface area contributed by atoms with Crippen LogP contribution in [0.3, 0.4) is 0 Å². The molecule has 0 fully saturated rings. The van der Waals surface area contributed by atoms with Gasteiger partial charge in [0.1, 0.15) is 0 Å². The Hall–Kier alpha value is -0.860. The van der Waals surface area contributed by atoms with Gasteiger partial charge in [-0.1, -0.05) is 18.2 Å². The van der Waals surface area contributed by atoms with Gasteiger partial charge in [-0.2, -0.15) is 0 Å². The van der Waals surface area contributed by atoms with Crippen molar-refractivity contribution in [2.45, 2.75) is 12.8 Å². The second-order valence-corrected chi connectivity index (χ2v) is 4.14. The lowest BCUT2D eigenvalue weighted by molar-refractivity contribution is 0.882. The van der Waals surface area contributed by atoms with Gasteiger partial charge >= 0.3 is 0 Å². The van der Waals surface area contributed by atoms with Crippen molar-refractivity contribution in [3.8, 4) is 0 Å². The van der Waals surface area contributed by atoms with E-state index in [1.54, 1.807) is 10.4 Å². The summed E-state index contributed by atoms with van der Waals surface area (Å²) >= 11 is 1.97. The molecule has 3 N–H and O–H groups in total. The van der Waals surface area contributed by atoms with E-state index in [9.17, 15) is 0 Å². The van der Waals surface area contributed by atoms with Gasteiger partial charge in [0, 0.05) is 9.58 Å². The van der Waals surface area contributed by atoms with Crippen molar-refractivity contribution < 1.29 is 0 Å². The minimum absolute atomic E-state index is 0. The molecule has 0 radical (unpaired) electrons. The first-order valence-corrected chi connectivity index (χ1v) is 4.76. The van der Waals surface area contributed by atoms with Crippen molar-refractivity contribution in [1.29, 1.82) is 0 Å². The van der Waals surface area contributed by atoms with Crippen LogP contribution < -0.4 is 6.15 Å². The van der Waals surface area contributed by atoms with Crippen molar-refractivity contribution in [2.24, 2.45) is 0 Å². The van der Waals surface area contributed by atoms with Gasteiger partial charge in [0.15, 0.2) is 0 Å². The highest BCUT2D eigenvalue weighted by Crippen LogP contribution is 2.38. The SMILES string of the molecule is N.c1ccc2c3c(sc2c1)CC3. The molecule has 3 rings (SSSR count). The van der Waals surface area contributed by atoms with E-state index in [-0.39, 0.29) is 6.15 Å². The molecule has 1 nitrogen and oxygen atoms in total. The van der Waals surface area contributed by atoms with Gasteiger partial charge in [-0.3, -0.25) is 0 Å². The molecule has 1 aliphatic carbocycles. The van der Waals surface area contributed by atoms with E-state index in [1.165, 1.54) is 22.9 Å². The fraction of sp³-hybridized carbons (Fsp3) is 0.200. The molecule has 12 heavy (non-hydrogen) atoms. The van der Waals surface area contributed by atoms with Gasteiger partial charge in [-0.05, 0) is 29.9 Å². The van der Waals surface area contributed by atoms with Crippen LogP contribution in [-0.2, 0) is 12.8 Å². The largest absolute Gasteiger partial charge is 0.344 e. The third-order valence-corrected chi connectivity index (χ3v) is 3.66. The molecule has 62 valence electrons. The maximum Gasteiger partial charge on any atom is 0.0348 e. The highest BCUT2D eigenvalue weighted by atomic mass is 32.1. The van der Waals surface area contributed by atoms with Gasteiger partial charge in [0.2, 0.25) is 0 Å². The molecule has 1 aromatic carbocycles. The summed E-state index contributed by atoms with van der Waals surface area (Å²) in [5.41, 5.74) is 1.62. The second-order valence-electron chi connectivity index (χ2n) is 3.00. The molecule has 0 bridgehead atoms. The molecule has 0 aliphatic heterocycles. The van der Waals surface area contributed by atoms with E-state index in [1.807, 2.05) is 11.3 Å². The third-order valence-electron chi connectivity index (χ3n) is 2.38. The summed E-state index contributed by atoms with van der Waals surface area (Å²) in [6.07, 6.45) is 2.62. The van der Waals surface area contributed by atoms with Gasteiger partial charge in [0.05, 0.1) is 0 Å². The zero-order valence-corrected chi connectivity index (χ0v) is 7.66. The molecule has 2 heteroatoms. The maximum atomic E-state index is 2.24. The van der Waals surface area contributed by atoms with E-state index < -0.39 is 0 Å². The first-order chi connectivity index (χ1) is 5.45. The Balaban J connectivity index is 0.000000563. The van der Waals surface area contributed by atoms with Gasteiger partial charge in [-0.25, -0.2) is 0 Å². The Morgan fingerprint density at radius 3 is 2.67 bits per heavy atom. The predicted octanol–water partition coefficient (Wildman–Crippen LogP) is 3.16. The highest BCUT2D eigenvalue weighted by molar-refractivity contribution is 7.19. The van der Waals surface area contributed by atoms with Crippen molar-refractivity contribution in [3.05, 3.63) is 34.7 Å². The maximum absolute atomic E-state index is 2.24. The number of thiophene rings is 1. The molecule has 0 saturated carbocycles. The van der Waals surface area contributed by atoms with Crippen LogP contribution in [0.5, 0.6) is 0 Å². The molecule has 0 atom stereocenters. The standard InChI is InChI=1S/C10H8S.H3N/c1-2-4-9-7(3-1)8-5-6-10(8)11-9;/h1-4H,5-6H2;1H3. The van der Waals surface area contributed by atoms with Crippen LogP contribution in [0.2, 0.25) is 0 Å². The van der Waals surface area contributed by atoms with E-state index >= 15 is 0 Å². The quantitative estimate of drug-likeness (QED) is 0.659. The number of fused-ring (bicyclic) bond motifs is 3. The lowest BCUT2D eigenvalue weighted by Crippen LogP contribution is -2.02. The van der Waals surface area contributed by atoms with Crippen LogP contribution in [0.25, 0.3) is 10.1 Å². The van der Waals surface area contributed by atoms with Crippen molar-refractivity contribution in [3.63, 3.8) is 0 Å².